The molecule has 150 valence electrons. The molecule has 2 rings (SSSR count). The molecule has 0 saturated carbocycles. The lowest BCUT2D eigenvalue weighted by molar-refractivity contribution is -0.128. The Kier molecular flexibility index (Phi) is 8.82. The zero-order valence-electron chi connectivity index (χ0n) is 15.2. The fraction of sp³-hybridized carbons (Fsp3) is 0.526. The van der Waals surface area contributed by atoms with Gasteiger partial charge in [-0.05, 0) is 30.6 Å². The van der Waals surface area contributed by atoms with E-state index in [1.165, 1.54) is 11.8 Å². The van der Waals surface area contributed by atoms with Crippen LogP contribution in [0.1, 0.15) is 31.2 Å². The van der Waals surface area contributed by atoms with Gasteiger partial charge in [-0.3, -0.25) is 9.35 Å². The lowest BCUT2D eigenvalue weighted by Crippen LogP contribution is -2.33. The summed E-state index contributed by atoms with van der Waals surface area (Å²) in [6, 6.07) is 9.78. The van der Waals surface area contributed by atoms with Crippen LogP contribution in [0.3, 0.4) is 0 Å². The highest BCUT2D eigenvalue weighted by Gasteiger charge is 2.28. The molecule has 0 bridgehead atoms. The van der Waals surface area contributed by atoms with E-state index in [1.807, 2.05) is 41.3 Å². The van der Waals surface area contributed by atoms with E-state index >= 15 is 0 Å². The summed E-state index contributed by atoms with van der Waals surface area (Å²) in [4.78, 5) is 13.9. The van der Waals surface area contributed by atoms with Crippen molar-refractivity contribution < 1.29 is 22.9 Å². The Morgan fingerprint density at radius 2 is 2.00 bits per heavy atom. The van der Waals surface area contributed by atoms with Crippen LogP contribution in [0.15, 0.2) is 42.5 Å². The first kappa shape index (κ1) is 21.9. The van der Waals surface area contributed by atoms with Crippen LogP contribution >= 0.6 is 11.8 Å². The number of carbonyl (C=O) groups is 1. The molecule has 2 atom stereocenters. The van der Waals surface area contributed by atoms with Crippen molar-refractivity contribution in [2.45, 2.75) is 44.2 Å². The second-order valence-electron chi connectivity index (χ2n) is 6.65. The van der Waals surface area contributed by atoms with Gasteiger partial charge in [-0.25, -0.2) is 0 Å². The predicted octanol–water partition coefficient (Wildman–Crippen LogP) is 2.50. The fourth-order valence-electron chi connectivity index (χ4n) is 3.08. The summed E-state index contributed by atoms with van der Waals surface area (Å²) in [6.07, 6.45) is 6.48. The topological polar surface area (TPSA) is 94.9 Å². The molecule has 1 amide bonds. The molecule has 27 heavy (non-hydrogen) atoms. The summed E-state index contributed by atoms with van der Waals surface area (Å²) in [5.74, 6) is 0.741. The van der Waals surface area contributed by atoms with Gasteiger partial charge in [0.1, 0.15) is 5.08 Å². The minimum atomic E-state index is -3.92. The van der Waals surface area contributed by atoms with E-state index in [9.17, 15) is 18.3 Å². The van der Waals surface area contributed by atoms with Gasteiger partial charge in [0.15, 0.2) is 0 Å². The zero-order chi connectivity index (χ0) is 19.7. The molecule has 0 aromatic heterocycles. The predicted molar refractivity (Wildman–Crippen MR) is 108 cm³/mol. The van der Waals surface area contributed by atoms with Crippen molar-refractivity contribution in [2.24, 2.45) is 0 Å². The van der Waals surface area contributed by atoms with Gasteiger partial charge in [-0.15, -0.1) is 11.8 Å². The van der Waals surface area contributed by atoms with Gasteiger partial charge in [-0.2, -0.15) is 8.42 Å². The second-order valence-corrected chi connectivity index (χ2v) is 9.57. The van der Waals surface area contributed by atoms with Gasteiger partial charge in [0, 0.05) is 19.4 Å². The number of amides is 1. The molecule has 1 unspecified atom stereocenters. The molecule has 1 aliphatic heterocycles. The third kappa shape index (κ3) is 8.47. The summed E-state index contributed by atoms with van der Waals surface area (Å²) in [5.41, 5.74) is 1.07. The number of aliphatic hydroxyl groups excluding tert-OH is 1. The first-order valence-corrected chi connectivity index (χ1v) is 11.8. The minimum Gasteiger partial charge on any atom is -0.389 e. The normalized spacial score (nSPS) is 19.1. The van der Waals surface area contributed by atoms with Crippen LogP contribution in [0.2, 0.25) is 0 Å². The summed E-state index contributed by atoms with van der Waals surface area (Å²) in [5, 5.41) is 9.90. The molecule has 1 fully saturated rings. The van der Waals surface area contributed by atoms with Crippen LogP contribution in [-0.2, 0) is 21.3 Å². The standard InChI is InChI=1S/C19H27NO5S2/c21-18(14-16-6-2-1-3-7-16)10-8-17-9-11-19(22)20(17)12-4-5-13-26-15-27(23,24)25/h1-3,6-8,10,17-18,21H,4-5,9,11-15H2,(H,23,24,25)/b10-8+/t17-,18?/m1/s1. The maximum atomic E-state index is 12.1. The molecule has 1 saturated heterocycles. The number of thioether (sulfide) groups is 1. The van der Waals surface area contributed by atoms with E-state index in [0.29, 0.717) is 25.1 Å². The molecule has 0 spiro atoms. The van der Waals surface area contributed by atoms with E-state index in [4.69, 9.17) is 4.55 Å². The largest absolute Gasteiger partial charge is 0.389 e. The van der Waals surface area contributed by atoms with Crippen molar-refractivity contribution in [2.75, 3.05) is 17.4 Å². The van der Waals surface area contributed by atoms with Gasteiger partial charge < -0.3 is 10.0 Å². The molecule has 0 radical (unpaired) electrons. The maximum Gasteiger partial charge on any atom is 0.274 e. The van der Waals surface area contributed by atoms with Gasteiger partial charge in [0.2, 0.25) is 5.91 Å². The van der Waals surface area contributed by atoms with Crippen LogP contribution in [0.5, 0.6) is 0 Å². The zero-order valence-corrected chi connectivity index (χ0v) is 16.9. The van der Waals surface area contributed by atoms with Crippen molar-refractivity contribution in [1.82, 2.24) is 4.90 Å². The lowest BCUT2D eigenvalue weighted by atomic mass is 10.1. The average molecular weight is 414 g/mol. The number of hydrogen-bond acceptors (Lipinski definition) is 5. The molecule has 8 heteroatoms. The number of carbonyl (C=O) groups excluding carboxylic acids is 1. The second kappa shape index (κ2) is 10.8. The molecule has 1 heterocycles. The Morgan fingerprint density at radius 1 is 1.26 bits per heavy atom. The molecular weight excluding hydrogens is 386 g/mol. The lowest BCUT2D eigenvalue weighted by Gasteiger charge is -2.22. The van der Waals surface area contributed by atoms with E-state index in [0.717, 1.165) is 24.8 Å². The number of benzene rings is 1. The van der Waals surface area contributed by atoms with Gasteiger partial charge in [-0.1, -0.05) is 42.5 Å². The molecule has 1 aromatic rings. The third-order valence-electron chi connectivity index (χ3n) is 4.39. The average Bonchev–Trinajstić information content (AvgIpc) is 2.96. The first-order chi connectivity index (χ1) is 12.8. The SMILES string of the molecule is O=C1CC[C@@H](/C=C/C(O)Cc2ccccc2)N1CCCCSCS(=O)(=O)O. The highest BCUT2D eigenvalue weighted by molar-refractivity contribution is 8.10. The Morgan fingerprint density at radius 3 is 2.70 bits per heavy atom. The third-order valence-corrected chi connectivity index (χ3v) is 6.82. The van der Waals surface area contributed by atoms with Crippen molar-refractivity contribution in [3.63, 3.8) is 0 Å². The van der Waals surface area contributed by atoms with Crippen LogP contribution in [0, 0.1) is 0 Å². The summed E-state index contributed by atoms with van der Waals surface area (Å²) >= 11 is 1.17. The number of nitrogens with zero attached hydrogens (tertiary/aromatic N) is 1. The van der Waals surface area contributed by atoms with E-state index in [2.05, 4.69) is 0 Å². The van der Waals surface area contributed by atoms with Crippen LogP contribution in [0.4, 0.5) is 0 Å². The number of hydrogen-bond donors (Lipinski definition) is 2. The van der Waals surface area contributed by atoms with Crippen LogP contribution in [-0.4, -0.2) is 58.4 Å². The molecule has 6 nitrogen and oxygen atoms in total. The Labute approximate surface area is 165 Å². The van der Waals surface area contributed by atoms with Crippen molar-refractivity contribution in [3.8, 4) is 0 Å². The quantitative estimate of drug-likeness (QED) is 0.329. The highest BCUT2D eigenvalue weighted by atomic mass is 32.3. The fourth-order valence-corrected chi connectivity index (χ4v) is 4.80. The molecule has 1 aromatic carbocycles. The number of aliphatic hydroxyl groups is 1. The summed E-state index contributed by atoms with van der Waals surface area (Å²) in [6.45, 7) is 0.620. The first-order valence-electron chi connectivity index (χ1n) is 9.08. The number of unbranched alkanes of at least 4 members (excludes halogenated alkanes) is 1. The Hall–Kier alpha value is -1.35. The number of likely N-dealkylation sites (tertiary alicyclic amines) is 1. The summed E-state index contributed by atoms with van der Waals surface area (Å²) in [7, 11) is -3.92. The molecule has 0 aliphatic carbocycles. The van der Waals surface area contributed by atoms with Gasteiger partial charge in [0.25, 0.3) is 10.1 Å². The summed E-state index contributed by atoms with van der Waals surface area (Å²) < 4.78 is 30.0. The molecule has 2 N–H and O–H groups in total. The van der Waals surface area contributed by atoms with Gasteiger partial charge >= 0.3 is 0 Å². The maximum absolute atomic E-state index is 12.1. The Bertz CT molecular complexity index is 721. The van der Waals surface area contributed by atoms with Gasteiger partial charge in [0.05, 0.1) is 12.1 Å². The van der Waals surface area contributed by atoms with Crippen molar-refractivity contribution >= 4 is 27.8 Å². The monoisotopic (exact) mass is 413 g/mol. The van der Waals surface area contributed by atoms with Crippen LogP contribution in [0.25, 0.3) is 0 Å². The Balaban J connectivity index is 1.74. The van der Waals surface area contributed by atoms with Crippen LogP contribution < -0.4 is 0 Å². The molecule has 1 aliphatic rings. The minimum absolute atomic E-state index is 0.00777. The van der Waals surface area contributed by atoms with E-state index in [1.54, 1.807) is 6.08 Å². The number of rotatable bonds is 11. The van der Waals surface area contributed by atoms with E-state index < -0.39 is 16.2 Å². The highest BCUT2D eigenvalue weighted by Crippen LogP contribution is 2.21. The van der Waals surface area contributed by atoms with Crippen molar-refractivity contribution in [3.05, 3.63) is 48.0 Å². The smallest absolute Gasteiger partial charge is 0.274 e. The van der Waals surface area contributed by atoms with E-state index in [-0.39, 0.29) is 17.0 Å². The molecular formula is C19H27NO5S2. The van der Waals surface area contributed by atoms with Crippen molar-refractivity contribution in [1.29, 1.82) is 0 Å².